The molecule has 2 unspecified atom stereocenters. The smallest absolute Gasteiger partial charge is 0.387 e. The zero-order valence-electron chi connectivity index (χ0n) is 11.1. The quantitative estimate of drug-likeness (QED) is 0.782. The molecule has 1 aromatic rings. The summed E-state index contributed by atoms with van der Waals surface area (Å²) in [7, 11) is 0. The minimum absolute atomic E-state index is 0.0684. The molecule has 0 radical (unpaired) electrons. The van der Waals surface area contributed by atoms with Gasteiger partial charge in [-0.1, -0.05) is 35.0 Å². The lowest BCUT2D eigenvalue weighted by molar-refractivity contribution is -0.0503. The van der Waals surface area contributed by atoms with E-state index in [1.54, 1.807) is 17.0 Å². The summed E-state index contributed by atoms with van der Waals surface area (Å²) in [6.07, 6.45) is 0.852. The first kappa shape index (κ1) is 15.2. The van der Waals surface area contributed by atoms with Crippen molar-refractivity contribution in [3.8, 4) is 5.75 Å². The molecule has 1 heterocycles. The number of carbonyl (C=O) groups is 1. The van der Waals surface area contributed by atoms with Crippen LogP contribution in [0.3, 0.4) is 0 Å². The van der Waals surface area contributed by atoms with Crippen LogP contribution < -0.4 is 4.74 Å². The number of hydrogen-bond donors (Lipinski definition) is 0. The zero-order chi connectivity index (χ0) is 14.7. The van der Waals surface area contributed by atoms with Crippen LogP contribution in [0.2, 0.25) is 0 Å². The highest BCUT2D eigenvalue weighted by molar-refractivity contribution is 9.09. The number of carbonyl (C=O) groups excluding carboxylic acids is 1. The van der Waals surface area contributed by atoms with Gasteiger partial charge in [0, 0.05) is 17.9 Å². The molecule has 0 aromatic heterocycles. The van der Waals surface area contributed by atoms with Gasteiger partial charge in [-0.15, -0.1) is 0 Å². The molecule has 1 fully saturated rings. The summed E-state index contributed by atoms with van der Waals surface area (Å²) in [4.78, 5) is 14.5. The minimum Gasteiger partial charge on any atom is -0.434 e. The molecule has 110 valence electrons. The molecule has 6 heteroatoms. The highest BCUT2D eigenvalue weighted by atomic mass is 79.9. The third-order valence-electron chi connectivity index (χ3n) is 3.42. The van der Waals surface area contributed by atoms with Crippen LogP contribution in [-0.2, 0) is 0 Å². The predicted octanol–water partition coefficient (Wildman–Crippen LogP) is 3.53. The van der Waals surface area contributed by atoms with Crippen molar-refractivity contribution >= 4 is 21.8 Å². The number of alkyl halides is 3. The van der Waals surface area contributed by atoms with E-state index in [1.807, 2.05) is 0 Å². The van der Waals surface area contributed by atoms with E-state index in [4.69, 9.17) is 0 Å². The minimum atomic E-state index is -2.93. The zero-order valence-corrected chi connectivity index (χ0v) is 12.6. The first-order valence-corrected chi connectivity index (χ1v) is 7.37. The first-order valence-electron chi connectivity index (χ1n) is 6.46. The van der Waals surface area contributed by atoms with Gasteiger partial charge < -0.3 is 9.64 Å². The first-order chi connectivity index (χ1) is 9.49. The maximum absolute atomic E-state index is 12.4. The fourth-order valence-electron chi connectivity index (χ4n) is 2.31. The Bertz CT molecular complexity index is 484. The average Bonchev–Trinajstić information content (AvgIpc) is 2.41. The number of nitrogens with zero attached hydrogens (tertiary/aromatic N) is 1. The molecule has 1 amide bonds. The predicted molar refractivity (Wildman–Crippen MR) is 75.5 cm³/mol. The summed E-state index contributed by atoms with van der Waals surface area (Å²) in [5, 5.41) is 0. The Hall–Kier alpha value is -1.17. The van der Waals surface area contributed by atoms with E-state index in [9.17, 15) is 13.6 Å². The van der Waals surface area contributed by atoms with Gasteiger partial charge in [0.1, 0.15) is 5.75 Å². The maximum Gasteiger partial charge on any atom is 0.387 e. The van der Waals surface area contributed by atoms with Crippen molar-refractivity contribution in [1.29, 1.82) is 0 Å². The average molecular weight is 348 g/mol. The van der Waals surface area contributed by atoms with Crippen molar-refractivity contribution in [2.45, 2.75) is 24.8 Å². The van der Waals surface area contributed by atoms with Crippen LogP contribution in [0.25, 0.3) is 0 Å². The lowest BCUT2D eigenvalue weighted by Gasteiger charge is -2.34. The Morgan fingerprint density at radius 2 is 2.15 bits per heavy atom. The number of rotatable bonds is 3. The second-order valence-corrected chi connectivity index (χ2v) is 6.08. The van der Waals surface area contributed by atoms with Gasteiger partial charge in [-0.05, 0) is 24.5 Å². The van der Waals surface area contributed by atoms with Gasteiger partial charge in [0.2, 0.25) is 0 Å². The van der Waals surface area contributed by atoms with Gasteiger partial charge in [0.05, 0.1) is 5.56 Å². The van der Waals surface area contributed by atoms with E-state index in [2.05, 4.69) is 27.6 Å². The highest BCUT2D eigenvalue weighted by Gasteiger charge is 2.29. The molecule has 1 aromatic carbocycles. The molecule has 20 heavy (non-hydrogen) atoms. The molecule has 0 aliphatic carbocycles. The molecule has 0 bridgehead atoms. The molecule has 2 atom stereocenters. The number of halogens is 3. The summed E-state index contributed by atoms with van der Waals surface area (Å²) in [6.45, 7) is 0.344. The highest BCUT2D eigenvalue weighted by Crippen LogP contribution is 2.27. The Kier molecular flexibility index (Phi) is 4.96. The summed E-state index contributed by atoms with van der Waals surface area (Å²) in [6, 6.07) is 6.12. The molecule has 2 rings (SSSR count). The number of hydrogen-bond acceptors (Lipinski definition) is 2. The lowest BCUT2D eigenvalue weighted by atomic mass is 9.99. The SMILES string of the molecule is CC1CN(C(=O)c2ccccc2OC(F)F)CCC1Br. The molecule has 1 aliphatic rings. The van der Waals surface area contributed by atoms with Crippen molar-refractivity contribution in [1.82, 2.24) is 4.90 Å². The second-order valence-electron chi connectivity index (χ2n) is 4.91. The van der Waals surface area contributed by atoms with Gasteiger partial charge in [-0.2, -0.15) is 8.78 Å². The number of amides is 1. The van der Waals surface area contributed by atoms with E-state index >= 15 is 0 Å². The van der Waals surface area contributed by atoms with E-state index in [0.29, 0.717) is 23.8 Å². The molecule has 0 N–H and O–H groups in total. The Morgan fingerprint density at radius 1 is 1.45 bits per heavy atom. The number of para-hydroxylation sites is 1. The van der Waals surface area contributed by atoms with Crippen molar-refractivity contribution in [3.05, 3.63) is 29.8 Å². The lowest BCUT2D eigenvalue weighted by Crippen LogP contribution is -2.43. The Balaban J connectivity index is 2.17. The van der Waals surface area contributed by atoms with Gasteiger partial charge >= 0.3 is 6.61 Å². The largest absolute Gasteiger partial charge is 0.434 e. The van der Waals surface area contributed by atoms with Crippen LogP contribution in [0.5, 0.6) is 5.75 Å². The fourth-order valence-corrected chi connectivity index (χ4v) is 2.69. The standard InChI is InChI=1S/C14H16BrF2NO2/c1-9-8-18(7-6-11(9)15)13(19)10-4-2-3-5-12(10)20-14(16)17/h2-5,9,11,14H,6-8H2,1H3. The number of benzene rings is 1. The summed E-state index contributed by atoms with van der Waals surface area (Å²) >= 11 is 3.57. The third kappa shape index (κ3) is 3.48. The molecule has 0 saturated carbocycles. The number of likely N-dealkylation sites (tertiary alicyclic amines) is 1. The van der Waals surface area contributed by atoms with Crippen molar-refractivity contribution in [2.75, 3.05) is 13.1 Å². The van der Waals surface area contributed by atoms with Crippen LogP contribution >= 0.6 is 15.9 Å². The van der Waals surface area contributed by atoms with Crippen molar-refractivity contribution in [2.24, 2.45) is 5.92 Å². The topological polar surface area (TPSA) is 29.5 Å². The van der Waals surface area contributed by atoms with Crippen LogP contribution in [-0.4, -0.2) is 35.3 Å². The molecule has 1 saturated heterocycles. The Morgan fingerprint density at radius 3 is 2.80 bits per heavy atom. The molecular formula is C14H16BrF2NO2. The molecule has 1 aliphatic heterocycles. The van der Waals surface area contributed by atoms with Crippen LogP contribution in [0.1, 0.15) is 23.7 Å². The fraction of sp³-hybridized carbons (Fsp3) is 0.500. The monoisotopic (exact) mass is 347 g/mol. The van der Waals surface area contributed by atoms with Gasteiger partial charge in [0.25, 0.3) is 5.91 Å². The summed E-state index contributed by atoms with van der Waals surface area (Å²) < 4.78 is 29.1. The molecular weight excluding hydrogens is 332 g/mol. The normalized spacial score (nSPS) is 22.9. The molecule has 0 spiro atoms. The third-order valence-corrected chi connectivity index (χ3v) is 4.78. The maximum atomic E-state index is 12.4. The second kappa shape index (κ2) is 6.52. The number of ether oxygens (including phenoxy) is 1. The summed E-state index contributed by atoms with van der Waals surface area (Å²) in [5.41, 5.74) is 0.188. The van der Waals surface area contributed by atoms with E-state index in [1.165, 1.54) is 12.1 Å². The van der Waals surface area contributed by atoms with Crippen LogP contribution in [0.4, 0.5) is 8.78 Å². The van der Waals surface area contributed by atoms with E-state index < -0.39 is 6.61 Å². The van der Waals surface area contributed by atoms with Crippen molar-refractivity contribution < 1.29 is 18.3 Å². The van der Waals surface area contributed by atoms with E-state index in [-0.39, 0.29) is 17.2 Å². The summed E-state index contributed by atoms with van der Waals surface area (Å²) in [5.74, 6) is 0.00416. The van der Waals surface area contributed by atoms with Gasteiger partial charge in [-0.3, -0.25) is 4.79 Å². The van der Waals surface area contributed by atoms with Gasteiger partial charge in [0.15, 0.2) is 0 Å². The number of piperidine rings is 1. The van der Waals surface area contributed by atoms with Gasteiger partial charge in [-0.25, -0.2) is 0 Å². The van der Waals surface area contributed by atoms with E-state index in [0.717, 1.165) is 6.42 Å². The van der Waals surface area contributed by atoms with Crippen molar-refractivity contribution in [3.63, 3.8) is 0 Å². The van der Waals surface area contributed by atoms with Crippen LogP contribution in [0.15, 0.2) is 24.3 Å². The molecule has 3 nitrogen and oxygen atoms in total. The Labute approximate surface area is 125 Å². The van der Waals surface area contributed by atoms with Crippen LogP contribution in [0, 0.1) is 5.92 Å².